The Balaban J connectivity index is 1.94. The molecule has 0 aromatic heterocycles. The first-order chi connectivity index (χ1) is 8.29. The summed E-state index contributed by atoms with van der Waals surface area (Å²) in [6.07, 6.45) is 6.12. The summed E-state index contributed by atoms with van der Waals surface area (Å²) in [5.74, 6) is 1.95. The molecule has 0 saturated heterocycles. The molecule has 2 rings (SSSR count). The Kier molecular flexibility index (Phi) is 4.55. The Labute approximate surface area is 109 Å². The highest BCUT2D eigenvalue weighted by molar-refractivity contribution is 7.99. The molecule has 1 aliphatic rings. The molecule has 92 valence electrons. The van der Waals surface area contributed by atoms with Crippen LogP contribution in [0.1, 0.15) is 26.2 Å². The highest BCUT2D eigenvalue weighted by Crippen LogP contribution is 2.35. The van der Waals surface area contributed by atoms with Crippen LogP contribution in [0.2, 0.25) is 0 Å². The van der Waals surface area contributed by atoms with E-state index in [4.69, 9.17) is 0 Å². The number of nitrogens with one attached hydrogen (secondary N) is 1. The molecule has 0 aliphatic heterocycles. The van der Waals surface area contributed by atoms with Crippen molar-refractivity contribution in [3.63, 3.8) is 0 Å². The van der Waals surface area contributed by atoms with E-state index in [9.17, 15) is 0 Å². The fraction of sp³-hybridized carbons (Fsp3) is 0.467. The fourth-order valence-corrected chi connectivity index (χ4v) is 2.79. The normalized spacial score (nSPS) is 16.5. The van der Waals surface area contributed by atoms with E-state index >= 15 is 0 Å². The van der Waals surface area contributed by atoms with Crippen molar-refractivity contribution in [3.05, 3.63) is 36.9 Å². The number of rotatable bonds is 7. The van der Waals surface area contributed by atoms with E-state index in [0.29, 0.717) is 6.04 Å². The summed E-state index contributed by atoms with van der Waals surface area (Å²) in [6, 6.07) is 9.13. The van der Waals surface area contributed by atoms with Gasteiger partial charge in [0.05, 0.1) is 0 Å². The van der Waals surface area contributed by atoms with Gasteiger partial charge in [0.25, 0.3) is 0 Å². The van der Waals surface area contributed by atoms with Crippen LogP contribution < -0.4 is 5.32 Å². The number of para-hydroxylation sites is 1. The number of hydrogen-bond acceptors (Lipinski definition) is 2. The van der Waals surface area contributed by atoms with Gasteiger partial charge in [0.1, 0.15) is 0 Å². The van der Waals surface area contributed by atoms with Crippen LogP contribution in [0.5, 0.6) is 0 Å². The maximum Gasteiger partial charge on any atom is 0.0480 e. The Morgan fingerprint density at radius 1 is 1.47 bits per heavy atom. The molecule has 1 unspecified atom stereocenters. The van der Waals surface area contributed by atoms with Crippen LogP contribution in [0.15, 0.2) is 41.8 Å². The quantitative estimate of drug-likeness (QED) is 0.560. The van der Waals surface area contributed by atoms with Crippen LogP contribution >= 0.6 is 11.8 Å². The van der Waals surface area contributed by atoms with Crippen LogP contribution in [0.3, 0.4) is 0 Å². The maximum absolute atomic E-state index is 3.77. The first kappa shape index (κ1) is 12.6. The fourth-order valence-electron chi connectivity index (χ4n) is 2.04. The van der Waals surface area contributed by atoms with E-state index < -0.39 is 0 Å². The van der Waals surface area contributed by atoms with Crippen molar-refractivity contribution in [1.82, 2.24) is 0 Å². The lowest BCUT2D eigenvalue weighted by Crippen LogP contribution is -2.16. The van der Waals surface area contributed by atoms with Crippen molar-refractivity contribution in [2.24, 2.45) is 5.92 Å². The molecule has 1 atom stereocenters. The Bertz CT molecular complexity index is 371. The molecular weight excluding hydrogens is 226 g/mol. The van der Waals surface area contributed by atoms with E-state index in [2.05, 4.69) is 43.1 Å². The SMILES string of the molecule is C=CCSc1ccccc1NC(C)CC1CC1. The summed E-state index contributed by atoms with van der Waals surface area (Å²) in [6.45, 7) is 6.06. The monoisotopic (exact) mass is 247 g/mol. The first-order valence-corrected chi connectivity index (χ1v) is 7.37. The minimum Gasteiger partial charge on any atom is -0.382 e. The molecular formula is C15H21NS. The second kappa shape index (κ2) is 6.15. The standard InChI is InChI=1S/C15H21NS/c1-3-10-17-15-7-5-4-6-14(15)16-12(2)11-13-8-9-13/h3-7,12-13,16H,1,8-11H2,2H3. The summed E-state index contributed by atoms with van der Waals surface area (Å²) in [7, 11) is 0. The van der Waals surface area contributed by atoms with Crippen molar-refractivity contribution < 1.29 is 0 Å². The summed E-state index contributed by atoms with van der Waals surface area (Å²) in [5, 5.41) is 3.64. The zero-order chi connectivity index (χ0) is 12.1. The van der Waals surface area contributed by atoms with Gasteiger partial charge in [0.15, 0.2) is 0 Å². The molecule has 1 nitrogen and oxygen atoms in total. The van der Waals surface area contributed by atoms with E-state index in [1.807, 2.05) is 17.8 Å². The number of benzene rings is 1. The van der Waals surface area contributed by atoms with Crippen LogP contribution in [-0.4, -0.2) is 11.8 Å². The van der Waals surface area contributed by atoms with Gasteiger partial charge in [-0.05, 0) is 31.4 Å². The van der Waals surface area contributed by atoms with Gasteiger partial charge >= 0.3 is 0 Å². The lowest BCUT2D eigenvalue weighted by atomic mass is 10.1. The molecule has 1 aromatic rings. The summed E-state index contributed by atoms with van der Waals surface area (Å²) < 4.78 is 0. The van der Waals surface area contributed by atoms with Crippen molar-refractivity contribution in [1.29, 1.82) is 0 Å². The summed E-state index contributed by atoms with van der Waals surface area (Å²) in [5.41, 5.74) is 1.27. The molecule has 0 radical (unpaired) electrons. The first-order valence-electron chi connectivity index (χ1n) is 6.39. The molecule has 1 aromatic carbocycles. The zero-order valence-electron chi connectivity index (χ0n) is 10.5. The van der Waals surface area contributed by atoms with Crippen molar-refractivity contribution in [2.45, 2.75) is 37.1 Å². The minimum atomic E-state index is 0.577. The largest absolute Gasteiger partial charge is 0.382 e. The van der Waals surface area contributed by atoms with Gasteiger partial charge in [-0.15, -0.1) is 18.3 Å². The third-order valence-corrected chi connectivity index (χ3v) is 4.10. The van der Waals surface area contributed by atoms with Gasteiger partial charge in [-0.3, -0.25) is 0 Å². The molecule has 1 fully saturated rings. The summed E-state index contributed by atoms with van der Waals surface area (Å²) in [4.78, 5) is 1.33. The third-order valence-electron chi connectivity index (χ3n) is 3.03. The number of thioether (sulfide) groups is 1. The molecule has 0 amide bonds. The second-order valence-corrected chi connectivity index (χ2v) is 5.88. The Hall–Kier alpha value is -0.890. The smallest absolute Gasteiger partial charge is 0.0480 e. The molecule has 2 heteroatoms. The molecule has 0 bridgehead atoms. The van der Waals surface area contributed by atoms with Gasteiger partial charge in [-0.25, -0.2) is 0 Å². The number of hydrogen-bond donors (Lipinski definition) is 1. The lowest BCUT2D eigenvalue weighted by Gasteiger charge is -2.17. The molecule has 0 spiro atoms. The molecule has 1 saturated carbocycles. The summed E-state index contributed by atoms with van der Waals surface area (Å²) >= 11 is 1.84. The predicted molar refractivity (Wildman–Crippen MR) is 77.8 cm³/mol. The maximum atomic E-state index is 3.77. The van der Waals surface area contributed by atoms with Gasteiger partial charge in [-0.2, -0.15) is 0 Å². The van der Waals surface area contributed by atoms with Crippen molar-refractivity contribution in [2.75, 3.05) is 11.1 Å². The van der Waals surface area contributed by atoms with Crippen LogP contribution in [0.4, 0.5) is 5.69 Å². The van der Waals surface area contributed by atoms with Gasteiger partial charge in [-0.1, -0.05) is 31.1 Å². The Morgan fingerprint density at radius 2 is 2.24 bits per heavy atom. The van der Waals surface area contributed by atoms with Gasteiger partial charge in [0, 0.05) is 22.4 Å². The average molecular weight is 247 g/mol. The topological polar surface area (TPSA) is 12.0 Å². The molecule has 0 heterocycles. The second-order valence-electron chi connectivity index (χ2n) is 4.82. The van der Waals surface area contributed by atoms with E-state index in [0.717, 1.165) is 11.7 Å². The highest BCUT2D eigenvalue weighted by Gasteiger charge is 2.23. The van der Waals surface area contributed by atoms with E-state index in [1.165, 1.54) is 29.8 Å². The third kappa shape index (κ3) is 4.12. The minimum absolute atomic E-state index is 0.577. The van der Waals surface area contributed by atoms with E-state index in [1.54, 1.807) is 0 Å². The van der Waals surface area contributed by atoms with Crippen LogP contribution in [0, 0.1) is 5.92 Å². The zero-order valence-corrected chi connectivity index (χ0v) is 11.3. The molecule has 17 heavy (non-hydrogen) atoms. The van der Waals surface area contributed by atoms with Gasteiger partial charge < -0.3 is 5.32 Å². The number of anilines is 1. The Morgan fingerprint density at radius 3 is 2.94 bits per heavy atom. The van der Waals surface area contributed by atoms with Crippen molar-refractivity contribution in [3.8, 4) is 0 Å². The van der Waals surface area contributed by atoms with Crippen molar-refractivity contribution >= 4 is 17.4 Å². The van der Waals surface area contributed by atoms with Gasteiger partial charge in [0.2, 0.25) is 0 Å². The average Bonchev–Trinajstić information content (AvgIpc) is 3.11. The lowest BCUT2D eigenvalue weighted by molar-refractivity contribution is 0.641. The van der Waals surface area contributed by atoms with E-state index in [-0.39, 0.29) is 0 Å². The predicted octanol–water partition coefficient (Wildman–Crippen LogP) is 4.57. The molecule has 1 aliphatic carbocycles. The molecule has 1 N–H and O–H groups in total. The van der Waals surface area contributed by atoms with Crippen LogP contribution in [0.25, 0.3) is 0 Å². The highest BCUT2D eigenvalue weighted by atomic mass is 32.2. The van der Waals surface area contributed by atoms with Crippen LogP contribution in [-0.2, 0) is 0 Å².